The van der Waals surface area contributed by atoms with E-state index in [2.05, 4.69) is 16.3 Å². The molecule has 1 atom stereocenters. The van der Waals surface area contributed by atoms with Crippen LogP contribution in [0.2, 0.25) is 4.34 Å². The van der Waals surface area contributed by atoms with Crippen LogP contribution < -0.4 is 5.32 Å². The van der Waals surface area contributed by atoms with Gasteiger partial charge in [0, 0.05) is 24.0 Å². The summed E-state index contributed by atoms with van der Waals surface area (Å²) in [7, 11) is 0. The minimum absolute atomic E-state index is 0.702. The molecule has 112 valence electrons. The van der Waals surface area contributed by atoms with Crippen LogP contribution in [0.15, 0.2) is 12.1 Å². The van der Waals surface area contributed by atoms with Crippen molar-refractivity contribution in [2.24, 2.45) is 5.92 Å². The van der Waals surface area contributed by atoms with E-state index >= 15 is 0 Å². The lowest BCUT2D eigenvalue weighted by molar-refractivity contribution is 0.202. The van der Waals surface area contributed by atoms with Crippen LogP contribution in [-0.4, -0.2) is 30.6 Å². The van der Waals surface area contributed by atoms with Crippen LogP contribution in [0.3, 0.4) is 0 Å². The van der Waals surface area contributed by atoms with Crippen molar-refractivity contribution in [3.63, 3.8) is 0 Å². The van der Waals surface area contributed by atoms with Crippen molar-refractivity contribution in [3.05, 3.63) is 21.3 Å². The minimum Gasteiger partial charge on any atom is -0.312 e. The molecule has 1 N–H and O–H groups in total. The number of nitrogens with one attached hydrogen (secondary N) is 1. The van der Waals surface area contributed by atoms with Gasteiger partial charge in [0.05, 0.1) is 4.34 Å². The predicted molar refractivity (Wildman–Crippen MR) is 87.6 cm³/mol. The first-order valence-corrected chi connectivity index (χ1v) is 9.20. The van der Waals surface area contributed by atoms with Gasteiger partial charge < -0.3 is 5.32 Å². The number of hydrogen-bond donors (Lipinski definition) is 1. The van der Waals surface area contributed by atoms with Crippen molar-refractivity contribution < 1.29 is 0 Å². The van der Waals surface area contributed by atoms with E-state index in [1.165, 1.54) is 63.0 Å². The highest BCUT2D eigenvalue weighted by molar-refractivity contribution is 7.16. The Kier molecular flexibility index (Phi) is 5.38. The summed E-state index contributed by atoms with van der Waals surface area (Å²) in [5.74, 6) is 0.899. The van der Waals surface area contributed by atoms with Crippen molar-refractivity contribution in [1.82, 2.24) is 10.2 Å². The van der Waals surface area contributed by atoms with E-state index in [0.29, 0.717) is 6.04 Å². The molecule has 0 bridgehead atoms. The molecule has 1 aliphatic carbocycles. The molecule has 1 aliphatic heterocycles. The van der Waals surface area contributed by atoms with Gasteiger partial charge in [0.15, 0.2) is 0 Å². The van der Waals surface area contributed by atoms with Crippen LogP contribution in [0.25, 0.3) is 0 Å². The van der Waals surface area contributed by atoms with Crippen LogP contribution in [0, 0.1) is 5.92 Å². The lowest BCUT2D eigenvalue weighted by atomic mass is 9.83. The molecule has 2 fully saturated rings. The van der Waals surface area contributed by atoms with E-state index in [9.17, 15) is 0 Å². The molecule has 20 heavy (non-hydrogen) atoms. The van der Waals surface area contributed by atoms with Gasteiger partial charge in [-0.05, 0) is 50.4 Å². The SMILES string of the molecule is Clc1ccc(CN2CCCNC(C3CCCCC3)C2)s1. The third-order valence-electron chi connectivity index (χ3n) is 4.74. The summed E-state index contributed by atoms with van der Waals surface area (Å²) in [6, 6.07) is 4.91. The average Bonchev–Trinajstić information content (AvgIpc) is 2.74. The normalized spacial score (nSPS) is 26.6. The van der Waals surface area contributed by atoms with E-state index in [1.54, 1.807) is 11.3 Å². The second-order valence-corrected chi connectivity index (χ2v) is 8.05. The van der Waals surface area contributed by atoms with Gasteiger partial charge in [-0.25, -0.2) is 0 Å². The largest absolute Gasteiger partial charge is 0.312 e. The minimum atomic E-state index is 0.702. The van der Waals surface area contributed by atoms with Crippen molar-refractivity contribution in [1.29, 1.82) is 0 Å². The smallest absolute Gasteiger partial charge is 0.0931 e. The second-order valence-electron chi connectivity index (χ2n) is 6.25. The molecule has 0 radical (unpaired) electrons. The Balaban J connectivity index is 1.59. The molecular formula is C16H25ClN2S. The third kappa shape index (κ3) is 3.97. The first kappa shape index (κ1) is 14.8. The maximum Gasteiger partial charge on any atom is 0.0931 e. The number of rotatable bonds is 3. The zero-order valence-electron chi connectivity index (χ0n) is 12.1. The lowest BCUT2D eigenvalue weighted by Crippen LogP contribution is -2.43. The fraction of sp³-hybridized carbons (Fsp3) is 0.750. The Morgan fingerprint density at radius 3 is 2.80 bits per heavy atom. The molecule has 1 saturated heterocycles. The van der Waals surface area contributed by atoms with Crippen molar-refractivity contribution in [2.75, 3.05) is 19.6 Å². The molecule has 0 amide bonds. The van der Waals surface area contributed by atoms with E-state index in [1.807, 2.05) is 6.07 Å². The van der Waals surface area contributed by atoms with Gasteiger partial charge in [0.1, 0.15) is 0 Å². The van der Waals surface area contributed by atoms with E-state index in [-0.39, 0.29) is 0 Å². The van der Waals surface area contributed by atoms with Gasteiger partial charge in [-0.3, -0.25) is 4.90 Å². The van der Waals surface area contributed by atoms with Gasteiger partial charge in [0.2, 0.25) is 0 Å². The molecule has 2 aliphatic rings. The maximum atomic E-state index is 6.05. The van der Waals surface area contributed by atoms with Crippen LogP contribution >= 0.6 is 22.9 Å². The molecular weight excluding hydrogens is 288 g/mol. The number of hydrogen-bond acceptors (Lipinski definition) is 3. The number of halogens is 1. The monoisotopic (exact) mass is 312 g/mol. The molecule has 1 unspecified atom stereocenters. The summed E-state index contributed by atoms with van der Waals surface area (Å²) in [6.07, 6.45) is 8.43. The Morgan fingerprint density at radius 1 is 1.20 bits per heavy atom. The predicted octanol–water partition coefficient (Wildman–Crippen LogP) is 4.15. The van der Waals surface area contributed by atoms with Gasteiger partial charge in [-0.2, -0.15) is 0 Å². The Morgan fingerprint density at radius 2 is 2.05 bits per heavy atom. The molecule has 3 rings (SSSR count). The standard InChI is InChI=1S/C16H25ClN2S/c17-16-8-7-14(20-16)11-19-10-4-9-18-15(12-19)13-5-2-1-3-6-13/h7-8,13,15,18H,1-6,9-12H2. The van der Waals surface area contributed by atoms with Crippen molar-refractivity contribution >= 4 is 22.9 Å². The summed E-state index contributed by atoms with van der Waals surface area (Å²) < 4.78 is 0.914. The van der Waals surface area contributed by atoms with Gasteiger partial charge >= 0.3 is 0 Å². The van der Waals surface area contributed by atoms with E-state index < -0.39 is 0 Å². The fourth-order valence-electron chi connectivity index (χ4n) is 3.68. The fourth-order valence-corrected chi connectivity index (χ4v) is 4.81. The highest BCUT2D eigenvalue weighted by Crippen LogP contribution is 2.28. The van der Waals surface area contributed by atoms with Crippen LogP contribution in [0.1, 0.15) is 43.4 Å². The van der Waals surface area contributed by atoms with E-state index in [0.717, 1.165) is 16.8 Å². The van der Waals surface area contributed by atoms with Gasteiger partial charge in [0.25, 0.3) is 0 Å². The summed E-state index contributed by atoms with van der Waals surface area (Å²) in [4.78, 5) is 4.03. The van der Waals surface area contributed by atoms with E-state index in [4.69, 9.17) is 11.6 Å². The molecule has 4 heteroatoms. The molecule has 1 aromatic rings. The first-order valence-electron chi connectivity index (χ1n) is 8.01. The summed E-state index contributed by atoms with van der Waals surface area (Å²) in [5, 5.41) is 3.81. The molecule has 2 heterocycles. The Bertz CT molecular complexity index is 414. The van der Waals surface area contributed by atoms with Crippen LogP contribution in [0.4, 0.5) is 0 Å². The van der Waals surface area contributed by atoms with Crippen molar-refractivity contribution in [3.8, 4) is 0 Å². The zero-order chi connectivity index (χ0) is 13.8. The van der Waals surface area contributed by atoms with Gasteiger partial charge in [-0.1, -0.05) is 30.9 Å². The summed E-state index contributed by atoms with van der Waals surface area (Å²) in [6.45, 7) is 4.68. The zero-order valence-corrected chi connectivity index (χ0v) is 13.7. The Hall–Kier alpha value is -0.0900. The Labute approximate surface area is 131 Å². The molecule has 0 aromatic carbocycles. The number of thiophene rings is 1. The molecule has 0 spiro atoms. The van der Waals surface area contributed by atoms with Crippen LogP contribution in [0.5, 0.6) is 0 Å². The molecule has 1 aromatic heterocycles. The highest BCUT2D eigenvalue weighted by Gasteiger charge is 2.26. The van der Waals surface area contributed by atoms with Crippen LogP contribution in [-0.2, 0) is 6.54 Å². The third-order valence-corrected chi connectivity index (χ3v) is 5.96. The first-order chi connectivity index (χ1) is 9.81. The summed E-state index contributed by atoms with van der Waals surface area (Å²) in [5.41, 5.74) is 0. The molecule has 1 saturated carbocycles. The quantitative estimate of drug-likeness (QED) is 0.902. The number of nitrogens with zero attached hydrogens (tertiary/aromatic N) is 1. The summed E-state index contributed by atoms with van der Waals surface area (Å²) >= 11 is 7.78. The molecule has 2 nitrogen and oxygen atoms in total. The topological polar surface area (TPSA) is 15.3 Å². The van der Waals surface area contributed by atoms with Crippen molar-refractivity contribution in [2.45, 2.75) is 51.1 Å². The maximum absolute atomic E-state index is 6.05. The lowest BCUT2D eigenvalue weighted by Gasteiger charge is -2.32. The second kappa shape index (κ2) is 7.26. The van der Waals surface area contributed by atoms with Gasteiger partial charge in [-0.15, -0.1) is 11.3 Å². The highest BCUT2D eigenvalue weighted by atomic mass is 35.5. The average molecular weight is 313 g/mol.